The molecule has 3 aromatic rings. The van der Waals surface area contributed by atoms with Gasteiger partial charge in [0.15, 0.2) is 5.78 Å². The van der Waals surface area contributed by atoms with Crippen LogP contribution in [0.15, 0.2) is 91.0 Å². The third kappa shape index (κ3) is 3.61. The van der Waals surface area contributed by atoms with Crippen LogP contribution in [0.25, 0.3) is 0 Å². The molecule has 2 nitrogen and oxygen atoms in total. The molecular formula is C25H22O2. The highest BCUT2D eigenvalue weighted by atomic mass is 16.1. The van der Waals surface area contributed by atoms with Crippen molar-refractivity contribution in [3.8, 4) is 0 Å². The number of hydrogen-bond donors (Lipinski definition) is 0. The highest BCUT2D eigenvalue weighted by Crippen LogP contribution is 2.46. The minimum Gasteiger partial charge on any atom is -0.300 e. The van der Waals surface area contributed by atoms with Gasteiger partial charge in [0, 0.05) is 36.2 Å². The molecule has 0 amide bonds. The molecule has 0 spiro atoms. The first kappa shape index (κ1) is 17.4. The predicted molar refractivity (Wildman–Crippen MR) is 107 cm³/mol. The lowest BCUT2D eigenvalue weighted by atomic mass is 9.64. The Morgan fingerprint density at radius 3 is 1.48 bits per heavy atom. The van der Waals surface area contributed by atoms with Crippen LogP contribution in [0.4, 0.5) is 0 Å². The first-order valence-corrected chi connectivity index (χ1v) is 9.45. The van der Waals surface area contributed by atoms with Crippen LogP contribution in [0.5, 0.6) is 0 Å². The van der Waals surface area contributed by atoms with Crippen molar-refractivity contribution in [2.75, 3.05) is 0 Å². The molecule has 3 aromatic carbocycles. The van der Waals surface area contributed by atoms with Gasteiger partial charge in [-0.2, -0.15) is 0 Å². The van der Waals surface area contributed by atoms with Gasteiger partial charge in [-0.1, -0.05) is 91.0 Å². The Bertz CT molecular complexity index is 865. The van der Waals surface area contributed by atoms with Crippen LogP contribution in [0, 0.1) is 5.92 Å². The first-order chi connectivity index (χ1) is 13.2. The summed E-state index contributed by atoms with van der Waals surface area (Å²) in [6.07, 6.45) is 0.854. The monoisotopic (exact) mass is 354 g/mol. The van der Waals surface area contributed by atoms with E-state index in [4.69, 9.17) is 0 Å². The Morgan fingerprint density at radius 2 is 1.04 bits per heavy atom. The molecule has 4 rings (SSSR count). The van der Waals surface area contributed by atoms with Gasteiger partial charge < -0.3 is 0 Å². The molecule has 27 heavy (non-hydrogen) atoms. The summed E-state index contributed by atoms with van der Waals surface area (Å²) in [5.41, 5.74) is 2.86. The van der Waals surface area contributed by atoms with E-state index in [0.717, 1.165) is 16.7 Å². The van der Waals surface area contributed by atoms with Gasteiger partial charge >= 0.3 is 0 Å². The maximum Gasteiger partial charge on any atom is 0.167 e. The molecule has 2 heteroatoms. The van der Waals surface area contributed by atoms with E-state index >= 15 is 0 Å². The summed E-state index contributed by atoms with van der Waals surface area (Å²) in [6.45, 7) is 0. The Kier molecular flexibility index (Phi) is 4.97. The molecule has 2 atom stereocenters. The normalized spacial score (nSPS) is 22.4. The minimum atomic E-state index is -0.241. The second kappa shape index (κ2) is 7.71. The molecule has 134 valence electrons. The van der Waals surface area contributed by atoms with E-state index in [-0.39, 0.29) is 29.3 Å². The second-order valence-electron chi connectivity index (χ2n) is 7.24. The zero-order chi connectivity index (χ0) is 18.6. The van der Waals surface area contributed by atoms with Crippen molar-refractivity contribution in [3.63, 3.8) is 0 Å². The topological polar surface area (TPSA) is 34.1 Å². The van der Waals surface area contributed by atoms with Crippen LogP contribution in [0.3, 0.4) is 0 Å². The molecule has 0 saturated heterocycles. The average Bonchev–Trinajstić information content (AvgIpc) is 2.74. The van der Waals surface area contributed by atoms with Crippen LogP contribution in [0.2, 0.25) is 0 Å². The summed E-state index contributed by atoms with van der Waals surface area (Å²) >= 11 is 0. The molecule has 0 radical (unpaired) electrons. The van der Waals surface area contributed by atoms with E-state index in [9.17, 15) is 9.59 Å². The van der Waals surface area contributed by atoms with Gasteiger partial charge in [-0.3, -0.25) is 9.59 Å². The molecule has 1 saturated carbocycles. The number of carbonyl (C=O) groups excluding carboxylic acids is 2. The van der Waals surface area contributed by atoms with E-state index in [1.54, 1.807) is 0 Å². The number of benzene rings is 3. The standard InChI is InChI=1S/C25H22O2/c26-21-16-22(18-10-4-1-5-11-18)24(25(27)20-14-8-3-9-15-20)23(17-21)19-12-6-2-7-13-19/h1-15,22-24H,16-17H2. The molecule has 0 bridgehead atoms. The molecular weight excluding hydrogens is 332 g/mol. The molecule has 0 aromatic heterocycles. The van der Waals surface area contributed by atoms with Crippen molar-refractivity contribution < 1.29 is 9.59 Å². The van der Waals surface area contributed by atoms with Crippen molar-refractivity contribution in [2.45, 2.75) is 24.7 Å². The van der Waals surface area contributed by atoms with E-state index in [1.165, 1.54) is 0 Å². The quantitative estimate of drug-likeness (QED) is 0.587. The van der Waals surface area contributed by atoms with Crippen LogP contribution in [-0.2, 0) is 4.79 Å². The number of carbonyl (C=O) groups is 2. The molecule has 2 unspecified atom stereocenters. The fourth-order valence-corrected chi connectivity index (χ4v) is 4.32. The largest absolute Gasteiger partial charge is 0.300 e. The summed E-state index contributed by atoms with van der Waals surface area (Å²) in [5.74, 6) is -0.0637. The third-order valence-electron chi connectivity index (χ3n) is 5.58. The SMILES string of the molecule is O=C1CC(c2ccccc2)C(C(=O)c2ccccc2)C(c2ccccc2)C1. The van der Waals surface area contributed by atoms with Crippen molar-refractivity contribution in [3.05, 3.63) is 108 Å². The van der Waals surface area contributed by atoms with Gasteiger partial charge in [-0.05, 0) is 11.1 Å². The smallest absolute Gasteiger partial charge is 0.167 e. The van der Waals surface area contributed by atoms with E-state index in [2.05, 4.69) is 0 Å². The summed E-state index contributed by atoms with van der Waals surface area (Å²) in [5, 5.41) is 0. The molecule has 1 fully saturated rings. The lowest BCUT2D eigenvalue weighted by molar-refractivity contribution is -0.121. The molecule has 1 aliphatic carbocycles. The Balaban J connectivity index is 1.81. The molecule has 0 heterocycles. The average molecular weight is 354 g/mol. The fraction of sp³-hybridized carbons (Fsp3) is 0.200. The number of hydrogen-bond acceptors (Lipinski definition) is 2. The van der Waals surface area contributed by atoms with Crippen molar-refractivity contribution in [2.24, 2.45) is 5.92 Å². The van der Waals surface area contributed by atoms with Crippen LogP contribution in [-0.4, -0.2) is 11.6 Å². The minimum absolute atomic E-state index is 0.0923. The lowest BCUT2D eigenvalue weighted by Gasteiger charge is -2.37. The zero-order valence-electron chi connectivity index (χ0n) is 15.1. The van der Waals surface area contributed by atoms with Crippen molar-refractivity contribution >= 4 is 11.6 Å². The van der Waals surface area contributed by atoms with E-state index in [1.807, 2.05) is 91.0 Å². The van der Waals surface area contributed by atoms with Crippen LogP contribution < -0.4 is 0 Å². The van der Waals surface area contributed by atoms with Crippen molar-refractivity contribution in [1.29, 1.82) is 0 Å². The Labute approximate surface area is 159 Å². The highest BCUT2D eigenvalue weighted by Gasteiger charge is 2.42. The number of rotatable bonds is 4. The predicted octanol–water partition coefficient (Wildman–Crippen LogP) is 5.42. The first-order valence-electron chi connectivity index (χ1n) is 9.45. The van der Waals surface area contributed by atoms with Crippen molar-refractivity contribution in [1.82, 2.24) is 0 Å². The molecule has 1 aliphatic rings. The van der Waals surface area contributed by atoms with Gasteiger partial charge in [-0.25, -0.2) is 0 Å². The lowest BCUT2D eigenvalue weighted by Crippen LogP contribution is -2.36. The maximum absolute atomic E-state index is 13.6. The van der Waals surface area contributed by atoms with Gasteiger partial charge in [-0.15, -0.1) is 0 Å². The molecule has 0 aliphatic heterocycles. The summed E-state index contributed by atoms with van der Waals surface area (Å²) in [6, 6.07) is 29.5. The summed E-state index contributed by atoms with van der Waals surface area (Å²) in [4.78, 5) is 26.2. The number of Topliss-reactive ketones (excluding diaryl/α,β-unsaturated/α-hetero) is 2. The molecule has 0 N–H and O–H groups in total. The number of ketones is 2. The Morgan fingerprint density at radius 1 is 0.630 bits per heavy atom. The summed E-state index contributed by atoms with van der Waals surface area (Å²) < 4.78 is 0. The third-order valence-corrected chi connectivity index (χ3v) is 5.58. The maximum atomic E-state index is 13.6. The zero-order valence-corrected chi connectivity index (χ0v) is 15.1. The van der Waals surface area contributed by atoms with Crippen LogP contribution >= 0.6 is 0 Å². The van der Waals surface area contributed by atoms with E-state index < -0.39 is 0 Å². The van der Waals surface area contributed by atoms with Gasteiger partial charge in [0.1, 0.15) is 5.78 Å². The fourth-order valence-electron chi connectivity index (χ4n) is 4.32. The van der Waals surface area contributed by atoms with Gasteiger partial charge in [0.2, 0.25) is 0 Å². The Hall–Kier alpha value is -3.00. The van der Waals surface area contributed by atoms with Crippen LogP contribution in [0.1, 0.15) is 46.2 Å². The van der Waals surface area contributed by atoms with E-state index in [0.29, 0.717) is 12.8 Å². The second-order valence-corrected chi connectivity index (χ2v) is 7.24. The highest BCUT2D eigenvalue weighted by molar-refractivity contribution is 6.00. The van der Waals surface area contributed by atoms with Gasteiger partial charge in [0.25, 0.3) is 0 Å². The summed E-state index contributed by atoms with van der Waals surface area (Å²) in [7, 11) is 0. The van der Waals surface area contributed by atoms with Gasteiger partial charge in [0.05, 0.1) is 0 Å².